The Morgan fingerprint density at radius 3 is 2.70 bits per heavy atom. The maximum absolute atomic E-state index is 12.1. The van der Waals surface area contributed by atoms with Crippen LogP contribution >= 0.6 is 0 Å². The first-order chi connectivity index (χ1) is 10.6. The highest BCUT2D eigenvalue weighted by Crippen LogP contribution is 2.28. The third kappa shape index (κ3) is 3.70. The molecule has 1 aliphatic rings. The van der Waals surface area contributed by atoms with Crippen molar-refractivity contribution in [2.75, 3.05) is 6.61 Å². The molecule has 1 fully saturated rings. The smallest absolute Gasteiger partial charge is 0.330 e. The van der Waals surface area contributed by atoms with Gasteiger partial charge < -0.3 is 15.2 Å². The van der Waals surface area contributed by atoms with E-state index in [1.165, 1.54) is 10.8 Å². The average molecular weight is 325 g/mol. The molecule has 8 nitrogen and oxygen atoms in total. The fraction of sp³-hybridized carbons (Fsp3) is 0.667. The largest absolute Gasteiger partial charge is 0.394 e. The predicted molar refractivity (Wildman–Crippen MR) is 83.1 cm³/mol. The van der Waals surface area contributed by atoms with Crippen molar-refractivity contribution < 1.29 is 14.6 Å². The molecule has 1 aromatic heterocycles. The van der Waals surface area contributed by atoms with E-state index in [4.69, 9.17) is 4.74 Å². The van der Waals surface area contributed by atoms with E-state index < -0.39 is 35.0 Å². The van der Waals surface area contributed by atoms with Crippen molar-refractivity contribution in [2.24, 2.45) is 5.41 Å². The molecule has 8 heteroatoms. The van der Waals surface area contributed by atoms with E-state index in [-0.39, 0.29) is 12.5 Å². The van der Waals surface area contributed by atoms with Gasteiger partial charge in [0, 0.05) is 23.6 Å². The van der Waals surface area contributed by atoms with Crippen LogP contribution in [0.2, 0.25) is 0 Å². The van der Waals surface area contributed by atoms with Crippen LogP contribution < -0.4 is 16.6 Å². The van der Waals surface area contributed by atoms with Gasteiger partial charge in [-0.1, -0.05) is 20.8 Å². The highest BCUT2D eigenvalue weighted by Gasteiger charge is 2.38. The molecule has 0 bridgehead atoms. The molecule has 23 heavy (non-hydrogen) atoms. The molecular formula is C15H23N3O5. The summed E-state index contributed by atoms with van der Waals surface area (Å²) in [6, 6.07) is -0.407. The Labute approximate surface area is 133 Å². The van der Waals surface area contributed by atoms with Crippen LogP contribution in [0.4, 0.5) is 0 Å². The van der Waals surface area contributed by atoms with Gasteiger partial charge in [-0.3, -0.25) is 19.1 Å². The fourth-order valence-corrected chi connectivity index (χ4v) is 2.41. The molecule has 0 saturated carbocycles. The van der Waals surface area contributed by atoms with Gasteiger partial charge in [-0.25, -0.2) is 4.79 Å². The molecule has 128 valence electrons. The van der Waals surface area contributed by atoms with Crippen LogP contribution in [0, 0.1) is 12.3 Å². The van der Waals surface area contributed by atoms with Crippen LogP contribution in [-0.4, -0.2) is 39.3 Å². The van der Waals surface area contributed by atoms with Gasteiger partial charge in [0.15, 0.2) is 0 Å². The first-order valence-electron chi connectivity index (χ1n) is 7.53. The lowest BCUT2D eigenvalue weighted by Gasteiger charge is -2.23. The van der Waals surface area contributed by atoms with E-state index in [1.54, 1.807) is 27.7 Å². The molecule has 0 radical (unpaired) electrons. The minimum absolute atomic E-state index is 0.157. The SMILES string of the molecule is Cc1cn(C2CC(NC(=O)C(C)(C)C)C(CO)O2)c(=O)[nH]c1=O. The van der Waals surface area contributed by atoms with E-state index in [0.29, 0.717) is 12.0 Å². The molecule has 0 spiro atoms. The lowest BCUT2D eigenvalue weighted by molar-refractivity contribution is -0.129. The Kier molecular flexibility index (Phi) is 4.76. The predicted octanol–water partition coefficient (Wildman–Crippen LogP) is -0.344. The van der Waals surface area contributed by atoms with Gasteiger partial charge in [0.1, 0.15) is 12.3 Å². The van der Waals surface area contributed by atoms with E-state index >= 15 is 0 Å². The molecule has 3 N–H and O–H groups in total. The number of carbonyl (C=O) groups excluding carboxylic acids is 1. The number of hydrogen-bond acceptors (Lipinski definition) is 5. The van der Waals surface area contributed by atoms with Crippen LogP contribution in [0.5, 0.6) is 0 Å². The number of carbonyl (C=O) groups is 1. The van der Waals surface area contributed by atoms with Crippen LogP contribution in [0.3, 0.4) is 0 Å². The number of H-pyrrole nitrogens is 1. The summed E-state index contributed by atoms with van der Waals surface area (Å²) < 4.78 is 6.96. The monoisotopic (exact) mass is 325 g/mol. The van der Waals surface area contributed by atoms with Crippen molar-refractivity contribution in [2.45, 2.75) is 52.5 Å². The topological polar surface area (TPSA) is 113 Å². The van der Waals surface area contributed by atoms with E-state index in [0.717, 1.165) is 0 Å². The first kappa shape index (κ1) is 17.4. The molecule has 2 rings (SSSR count). The van der Waals surface area contributed by atoms with E-state index in [2.05, 4.69) is 10.3 Å². The standard InChI is InChI=1S/C15H23N3O5/c1-8-6-18(14(22)17-12(8)20)11-5-9(10(7-19)23-11)16-13(21)15(2,3)4/h6,9-11,19H,5,7H2,1-4H3,(H,16,21)(H,17,20,22). The lowest BCUT2D eigenvalue weighted by Crippen LogP contribution is -2.46. The second-order valence-electron chi connectivity index (χ2n) is 6.86. The van der Waals surface area contributed by atoms with Gasteiger partial charge in [0.25, 0.3) is 5.56 Å². The highest BCUT2D eigenvalue weighted by molar-refractivity contribution is 5.81. The Hall–Kier alpha value is -1.93. The Bertz CT molecular complexity index is 700. The van der Waals surface area contributed by atoms with Crippen LogP contribution in [0.15, 0.2) is 15.8 Å². The molecule has 2 heterocycles. The van der Waals surface area contributed by atoms with Gasteiger partial charge in [-0.15, -0.1) is 0 Å². The number of amides is 1. The first-order valence-corrected chi connectivity index (χ1v) is 7.53. The summed E-state index contributed by atoms with van der Waals surface area (Å²) in [7, 11) is 0. The fourth-order valence-electron chi connectivity index (χ4n) is 2.41. The van der Waals surface area contributed by atoms with Crippen LogP contribution in [-0.2, 0) is 9.53 Å². The summed E-state index contributed by atoms with van der Waals surface area (Å²) in [6.45, 7) is 6.69. The van der Waals surface area contributed by atoms with E-state index in [9.17, 15) is 19.5 Å². The van der Waals surface area contributed by atoms with E-state index in [1.807, 2.05) is 0 Å². The summed E-state index contributed by atoms with van der Waals surface area (Å²) in [6.07, 6.45) is 0.498. The number of ether oxygens (including phenoxy) is 1. The van der Waals surface area contributed by atoms with Crippen LogP contribution in [0.1, 0.15) is 39.0 Å². The molecule has 0 aliphatic carbocycles. The van der Waals surface area contributed by atoms with Crippen molar-refractivity contribution in [1.29, 1.82) is 0 Å². The zero-order valence-electron chi connectivity index (χ0n) is 13.8. The number of hydrogen-bond donors (Lipinski definition) is 3. The molecular weight excluding hydrogens is 302 g/mol. The summed E-state index contributed by atoms with van der Waals surface area (Å²) in [4.78, 5) is 37.7. The molecule has 1 amide bonds. The van der Waals surface area contributed by atoms with Crippen molar-refractivity contribution in [1.82, 2.24) is 14.9 Å². The zero-order valence-corrected chi connectivity index (χ0v) is 13.8. The van der Waals surface area contributed by atoms with Crippen molar-refractivity contribution >= 4 is 5.91 Å². The third-order valence-electron chi connectivity index (χ3n) is 3.87. The number of aliphatic hydroxyl groups is 1. The quantitative estimate of drug-likeness (QED) is 0.703. The number of aromatic amines is 1. The number of aromatic nitrogens is 2. The average Bonchev–Trinajstić information content (AvgIpc) is 2.84. The molecule has 0 aromatic carbocycles. The maximum atomic E-state index is 12.1. The Balaban J connectivity index is 2.22. The third-order valence-corrected chi connectivity index (χ3v) is 3.87. The summed E-state index contributed by atoms with van der Waals surface area (Å²) in [5.41, 5.74) is -1.20. The minimum atomic E-state index is -0.652. The molecule has 1 aliphatic heterocycles. The molecule has 1 aromatic rings. The number of nitrogens with one attached hydrogen (secondary N) is 2. The zero-order chi connectivity index (χ0) is 17.4. The molecule has 3 unspecified atom stereocenters. The van der Waals surface area contributed by atoms with Crippen molar-refractivity contribution in [3.63, 3.8) is 0 Å². The number of nitrogens with zero attached hydrogens (tertiary/aromatic N) is 1. The van der Waals surface area contributed by atoms with Crippen molar-refractivity contribution in [3.05, 3.63) is 32.6 Å². The molecule has 3 atom stereocenters. The second-order valence-corrected chi connectivity index (χ2v) is 6.86. The Morgan fingerprint density at radius 2 is 2.13 bits per heavy atom. The summed E-state index contributed by atoms with van der Waals surface area (Å²) in [5.74, 6) is -0.157. The van der Waals surface area contributed by atoms with Gasteiger partial charge in [0.05, 0.1) is 12.6 Å². The Morgan fingerprint density at radius 1 is 1.48 bits per heavy atom. The maximum Gasteiger partial charge on any atom is 0.330 e. The van der Waals surface area contributed by atoms with Gasteiger partial charge in [0.2, 0.25) is 5.91 Å². The minimum Gasteiger partial charge on any atom is -0.394 e. The van der Waals surface area contributed by atoms with Crippen molar-refractivity contribution in [3.8, 4) is 0 Å². The lowest BCUT2D eigenvalue weighted by atomic mass is 9.94. The highest BCUT2D eigenvalue weighted by atomic mass is 16.5. The number of aliphatic hydroxyl groups excluding tert-OH is 1. The van der Waals surface area contributed by atoms with Gasteiger partial charge in [-0.2, -0.15) is 0 Å². The van der Waals surface area contributed by atoms with Gasteiger partial charge >= 0.3 is 5.69 Å². The summed E-state index contributed by atoms with van der Waals surface area (Å²) in [5, 5.41) is 12.3. The molecule has 1 saturated heterocycles. The summed E-state index contributed by atoms with van der Waals surface area (Å²) >= 11 is 0. The number of aryl methyl sites for hydroxylation is 1. The van der Waals surface area contributed by atoms with Gasteiger partial charge in [-0.05, 0) is 6.92 Å². The normalized spacial score (nSPS) is 24.7. The second kappa shape index (κ2) is 6.29. The number of rotatable bonds is 3. The van der Waals surface area contributed by atoms with Crippen LogP contribution in [0.25, 0.3) is 0 Å².